The van der Waals surface area contributed by atoms with Crippen LogP contribution in [0.5, 0.6) is 0 Å². The Balaban J connectivity index is 1.71. The van der Waals surface area contributed by atoms with E-state index in [1.54, 1.807) is 0 Å². The minimum absolute atomic E-state index is 0.358. The molecule has 4 unspecified atom stereocenters. The first kappa shape index (κ1) is 13.1. The van der Waals surface area contributed by atoms with Crippen LogP contribution < -0.4 is 5.73 Å². The van der Waals surface area contributed by atoms with Crippen molar-refractivity contribution in [2.24, 2.45) is 5.73 Å². The van der Waals surface area contributed by atoms with Gasteiger partial charge < -0.3 is 10.5 Å². The summed E-state index contributed by atoms with van der Waals surface area (Å²) in [6, 6.07) is 0.358. The van der Waals surface area contributed by atoms with Gasteiger partial charge in [-0.05, 0) is 25.7 Å². The molecule has 2 fully saturated rings. The van der Waals surface area contributed by atoms with Crippen LogP contribution in [-0.2, 0) is 4.74 Å². The molecule has 2 N–H and O–H groups in total. The van der Waals surface area contributed by atoms with Crippen LogP contribution in [0, 0.1) is 0 Å². The summed E-state index contributed by atoms with van der Waals surface area (Å²) in [5.41, 5.74) is 6.33. The maximum Gasteiger partial charge on any atom is 0.0576 e. The first-order valence-corrected chi connectivity index (χ1v) is 8.47. The van der Waals surface area contributed by atoms with Crippen LogP contribution in [0.4, 0.5) is 0 Å². The van der Waals surface area contributed by atoms with Gasteiger partial charge in [0.15, 0.2) is 0 Å². The lowest BCUT2D eigenvalue weighted by molar-refractivity contribution is 0.101. The molecule has 2 aliphatic rings. The fraction of sp³-hybridized carbons (Fsp3) is 1.00. The third kappa shape index (κ3) is 3.56. The molecule has 2 saturated heterocycles. The van der Waals surface area contributed by atoms with Gasteiger partial charge >= 0.3 is 0 Å². The smallest absolute Gasteiger partial charge is 0.0576 e. The van der Waals surface area contributed by atoms with Crippen molar-refractivity contribution in [3.05, 3.63) is 0 Å². The van der Waals surface area contributed by atoms with Crippen molar-refractivity contribution in [3.8, 4) is 0 Å². The summed E-state index contributed by atoms with van der Waals surface area (Å²) in [6.07, 6.45) is 5.28. The maximum absolute atomic E-state index is 6.33. The molecule has 16 heavy (non-hydrogen) atoms. The van der Waals surface area contributed by atoms with E-state index in [0.717, 1.165) is 24.7 Å². The van der Waals surface area contributed by atoms with Gasteiger partial charge in [-0.3, -0.25) is 0 Å². The average molecular weight is 261 g/mol. The van der Waals surface area contributed by atoms with Crippen LogP contribution in [0.15, 0.2) is 0 Å². The highest BCUT2D eigenvalue weighted by Gasteiger charge is 2.28. The molecule has 2 aliphatic heterocycles. The molecule has 0 amide bonds. The van der Waals surface area contributed by atoms with Crippen molar-refractivity contribution >= 4 is 23.5 Å². The molecule has 0 saturated carbocycles. The van der Waals surface area contributed by atoms with Crippen molar-refractivity contribution in [2.45, 2.75) is 55.3 Å². The monoisotopic (exact) mass is 261 g/mol. The summed E-state index contributed by atoms with van der Waals surface area (Å²) in [5.74, 6) is 2.56. The molecule has 0 radical (unpaired) electrons. The minimum atomic E-state index is 0.358. The Hall–Kier alpha value is 0.620. The molecule has 94 valence electrons. The lowest BCUT2D eigenvalue weighted by Gasteiger charge is -2.32. The van der Waals surface area contributed by atoms with Gasteiger partial charge in [0.05, 0.1) is 6.10 Å². The van der Waals surface area contributed by atoms with E-state index < -0.39 is 0 Å². The number of nitrogens with two attached hydrogens (primary N) is 1. The molecule has 0 spiro atoms. The molecule has 2 heterocycles. The van der Waals surface area contributed by atoms with Crippen LogP contribution in [0.25, 0.3) is 0 Å². The second kappa shape index (κ2) is 6.53. The van der Waals surface area contributed by atoms with Gasteiger partial charge in [-0.25, -0.2) is 0 Å². The predicted octanol–water partition coefficient (Wildman–Crippen LogP) is 2.51. The van der Waals surface area contributed by atoms with Crippen LogP contribution >= 0.6 is 23.5 Å². The predicted molar refractivity (Wildman–Crippen MR) is 74.3 cm³/mol. The molecular weight excluding hydrogens is 238 g/mol. The third-order valence-electron chi connectivity index (χ3n) is 3.50. The lowest BCUT2D eigenvalue weighted by atomic mass is 10.0. The molecule has 0 aromatic rings. The Morgan fingerprint density at radius 3 is 2.88 bits per heavy atom. The van der Waals surface area contributed by atoms with Gasteiger partial charge in [-0.1, -0.05) is 6.92 Å². The Labute approximate surface area is 107 Å². The number of ether oxygens (including phenoxy) is 1. The van der Waals surface area contributed by atoms with Gasteiger partial charge in [-0.15, -0.1) is 0 Å². The van der Waals surface area contributed by atoms with E-state index in [2.05, 4.69) is 30.4 Å². The molecule has 4 heteroatoms. The Morgan fingerprint density at radius 1 is 1.38 bits per heavy atom. The van der Waals surface area contributed by atoms with Crippen molar-refractivity contribution in [1.29, 1.82) is 0 Å². The fourth-order valence-electron chi connectivity index (χ4n) is 2.53. The summed E-state index contributed by atoms with van der Waals surface area (Å²) in [6.45, 7) is 3.29. The topological polar surface area (TPSA) is 35.2 Å². The van der Waals surface area contributed by atoms with Gasteiger partial charge in [-0.2, -0.15) is 23.5 Å². The second-order valence-electron chi connectivity index (χ2n) is 4.79. The molecule has 0 bridgehead atoms. The normalized spacial score (nSPS) is 37.5. The molecule has 2 rings (SSSR count). The Morgan fingerprint density at radius 2 is 2.19 bits per heavy atom. The van der Waals surface area contributed by atoms with E-state index in [1.165, 1.54) is 24.3 Å². The summed E-state index contributed by atoms with van der Waals surface area (Å²) in [4.78, 5) is 0. The highest BCUT2D eigenvalue weighted by Crippen LogP contribution is 2.34. The second-order valence-corrected chi connectivity index (χ2v) is 7.56. The maximum atomic E-state index is 6.33. The van der Waals surface area contributed by atoms with E-state index in [1.807, 2.05) is 0 Å². The molecule has 4 atom stereocenters. The van der Waals surface area contributed by atoms with Gasteiger partial charge in [0.2, 0.25) is 0 Å². The highest BCUT2D eigenvalue weighted by molar-refractivity contribution is 8.07. The SMILES string of the molecule is CC1SCCSC1C(N)CCC1CCCO1. The average Bonchev–Trinajstić information content (AvgIpc) is 2.79. The summed E-state index contributed by atoms with van der Waals surface area (Å²) in [5, 5.41) is 1.37. The molecule has 0 aromatic heterocycles. The van der Waals surface area contributed by atoms with Crippen molar-refractivity contribution < 1.29 is 4.74 Å². The van der Waals surface area contributed by atoms with E-state index in [4.69, 9.17) is 10.5 Å². The van der Waals surface area contributed by atoms with Crippen LogP contribution in [0.2, 0.25) is 0 Å². The summed E-state index contributed by atoms with van der Waals surface area (Å²) >= 11 is 4.16. The molecule has 0 aromatic carbocycles. The van der Waals surface area contributed by atoms with Gasteiger partial charge in [0.25, 0.3) is 0 Å². The number of hydrogen-bond acceptors (Lipinski definition) is 4. The number of hydrogen-bond donors (Lipinski definition) is 1. The fourth-order valence-corrected chi connectivity index (χ4v) is 5.47. The summed E-state index contributed by atoms with van der Waals surface area (Å²) < 4.78 is 5.65. The zero-order valence-electron chi connectivity index (χ0n) is 10.1. The van der Waals surface area contributed by atoms with Crippen molar-refractivity contribution in [1.82, 2.24) is 0 Å². The Kier molecular flexibility index (Phi) is 5.33. The van der Waals surface area contributed by atoms with E-state index in [9.17, 15) is 0 Å². The number of thioether (sulfide) groups is 2. The largest absolute Gasteiger partial charge is 0.378 e. The highest BCUT2D eigenvalue weighted by atomic mass is 32.2. The Bertz CT molecular complexity index is 209. The molecule has 2 nitrogen and oxygen atoms in total. The lowest BCUT2D eigenvalue weighted by Crippen LogP contribution is -2.41. The van der Waals surface area contributed by atoms with Crippen LogP contribution in [0.3, 0.4) is 0 Å². The standard InChI is InChI=1S/C12H23NOS2/c1-9-12(16-8-7-15-9)11(13)5-4-10-3-2-6-14-10/h9-12H,2-8,13H2,1H3. The quantitative estimate of drug-likeness (QED) is 0.843. The first-order valence-electron chi connectivity index (χ1n) is 6.38. The molecular formula is C12H23NOS2. The first-order chi connectivity index (χ1) is 7.77. The van der Waals surface area contributed by atoms with E-state index in [0.29, 0.717) is 17.4 Å². The van der Waals surface area contributed by atoms with Crippen molar-refractivity contribution in [3.63, 3.8) is 0 Å². The zero-order chi connectivity index (χ0) is 11.4. The number of rotatable bonds is 4. The van der Waals surface area contributed by atoms with Gasteiger partial charge in [0.1, 0.15) is 0 Å². The van der Waals surface area contributed by atoms with Crippen LogP contribution in [-0.4, -0.2) is 40.8 Å². The van der Waals surface area contributed by atoms with Gasteiger partial charge in [0, 0.05) is 34.7 Å². The third-order valence-corrected chi connectivity index (χ3v) is 6.78. The molecule has 0 aliphatic carbocycles. The zero-order valence-corrected chi connectivity index (χ0v) is 11.7. The van der Waals surface area contributed by atoms with Crippen molar-refractivity contribution in [2.75, 3.05) is 18.1 Å². The minimum Gasteiger partial charge on any atom is -0.378 e. The van der Waals surface area contributed by atoms with E-state index in [-0.39, 0.29) is 0 Å². The van der Waals surface area contributed by atoms with E-state index >= 15 is 0 Å². The summed E-state index contributed by atoms with van der Waals surface area (Å²) in [7, 11) is 0. The van der Waals surface area contributed by atoms with Crippen LogP contribution in [0.1, 0.15) is 32.6 Å².